The summed E-state index contributed by atoms with van der Waals surface area (Å²) in [5.41, 5.74) is 7.40. The Hall–Kier alpha value is -1.33. The van der Waals surface area contributed by atoms with Crippen LogP contribution in [0.25, 0.3) is 10.9 Å². The summed E-state index contributed by atoms with van der Waals surface area (Å²) in [6.45, 7) is 0.895. The fourth-order valence-electron chi connectivity index (χ4n) is 2.11. The minimum absolute atomic E-state index is 0.369. The van der Waals surface area contributed by atoms with Crippen LogP contribution in [-0.4, -0.2) is 28.4 Å². The molecule has 1 aromatic carbocycles. The quantitative estimate of drug-likeness (QED) is 0.522. The molecule has 0 amide bonds. The van der Waals surface area contributed by atoms with Crippen molar-refractivity contribution in [2.24, 2.45) is 0 Å². The maximum atomic E-state index is 5.76. The summed E-state index contributed by atoms with van der Waals surface area (Å²) in [5, 5.41) is 2.07. The molecule has 2 N–H and O–H groups in total. The van der Waals surface area contributed by atoms with E-state index >= 15 is 0 Å². The summed E-state index contributed by atoms with van der Waals surface area (Å²) in [4.78, 5) is 8.60. The molecule has 18 heavy (non-hydrogen) atoms. The van der Waals surface area contributed by atoms with Gasteiger partial charge in [0.05, 0.1) is 11.6 Å². The Morgan fingerprint density at radius 1 is 1.39 bits per heavy atom. The van der Waals surface area contributed by atoms with Crippen molar-refractivity contribution in [3.8, 4) is 0 Å². The molecule has 1 atom stereocenters. The number of ether oxygens (including phenoxy) is 1. The van der Waals surface area contributed by atoms with Crippen molar-refractivity contribution in [1.82, 2.24) is 9.97 Å². The average molecular weight is 261 g/mol. The normalized spacial score (nSPS) is 19.4. The summed E-state index contributed by atoms with van der Waals surface area (Å²) in [6, 6.07) is 5.76. The first kappa shape index (κ1) is 11.7. The van der Waals surface area contributed by atoms with E-state index in [2.05, 4.69) is 9.97 Å². The molecule has 3 rings (SSSR count). The lowest BCUT2D eigenvalue weighted by atomic mass is 10.2. The maximum absolute atomic E-state index is 5.76. The summed E-state index contributed by atoms with van der Waals surface area (Å²) in [5.74, 6) is 0.955. The van der Waals surface area contributed by atoms with Gasteiger partial charge in [0.15, 0.2) is 0 Å². The molecule has 94 valence electrons. The van der Waals surface area contributed by atoms with Crippen LogP contribution < -0.4 is 5.73 Å². The van der Waals surface area contributed by atoms with Crippen LogP contribution in [0.5, 0.6) is 0 Å². The maximum Gasteiger partial charge on any atom is 0.117 e. The predicted molar refractivity (Wildman–Crippen MR) is 73.6 cm³/mol. The van der Waals surface area contributed by atoms with Gasteiger partial charge in [-0.1, -0.05) is 0 Å². The van der Waals surface area contributed by atoms with Crippen molar-refractivity contribution in [3.63, 3.8) is 0 Å². The highest BCUT2D eigenvalue weighted by Gasteiger charge is 2.16. The number of fused-ring (bicyclic) bond motifs is 1. The number of rotatable bonds is 3. The molecule has 0 bridgehead atoms. The molecule has 1 saturated heterocycles. The second kappa shape index (κ2) is 5.12. The van der Waals surface area contributed by atoms with Crippen LogP contribution in [0.15, 0.2) is 29.6 Å². The largest absolute Gasteiger partial charge is 0.399 e. The second-order valence-electron chi connectivity index (χ2n) is 4.40. The van der Waals surface area contributed by atoms with Gasteiger partial charge in [-0.15, -0.1) is 11.8 Å². The van der Waals surface area contributed by atoms with Crippen molar-refractivity contribution in [3.05, 3.63) is 24.5 Å². The highest BCUT2D eigenvalue weighted by Crippen LogP contribution is 2.28. The molecule has 0 aliphatic carbocycles. The van der Waals surface area contributed by atoms with E-state index in [0.29, 0.717) is 6.10 Å². The van der Waals surface area contributed by atoms with E-state index in [1.165, 1.54) is 6.42 Å². The molecule has 1 fully saturated rings. The first-order valence-corrected chi connectivity index (χ1v) is 7.06. The number of benzene rings is 1. The SMILES string of the molecule is Nc1ccc2c(SCC3CCCO3)ncnc2c1. The Bertz CT molecular complexity index is 555. The smallest absolute Gasteiger partial charge is 0.117 e. The van der Waals surface area contributed by atoms with E-state index < -0.39 is 0 Å². The monoisotopic (exact) mass is 261 g/mol. The fourth-order valence-corrected chi connectivity index (χ4v) is 3.17. The van der Waals surface area contributed by atoms with Crippen molar-refractivity contribution in [2.75, 3.05) is 18.1 Å². The second-order valence-corrected chi connectivity index (χ2v) is 5.41. The van der Waals surface area contributed by atoms with E-state index in [1.54, 1.807) is 18.1 Å². The molecule has 2 aromatic rings. The van der Waals surface area contributed by atoms with Crippen LogP contribution in [0.4, 0.5) is 5.69 Å². The van der Waals surface area contributed by atoms with Crippen LogP contribution in [0.3, 0.4) is 0 Å². The van der Waals surface area contributed by atoms with Crippen molar-refractivity contribution in [1.29, 1.82) is 0 Å². The third kappa shape index (κ3) is 2.42. The number of hydrogen-bond donors (Lipinski definition) is 1. The Morgan fingerprint density at radius 3 is 3.17 bits per heavy atom. The number of anilines is 1. The number of aromatic nitrogens is 2. The summed E-state index contributed by atoms with van der Waals surface area (Å²) >= 11 is 1.74. The molecule has 2 heterocycles. The minimum atomic E-state index is 0.369. The van der Waals surface area contributed by atoms with E-state index in [4.69, 9.17) is 10.5 Å². The van der Waals surface area contributed by atoms with E-state index in [9.17, 15) is 0 Å². The van der Waals surface area contributed by atoms with Gasteiger partial charge >= 0.3 is 0 Å². The van der Waals surface area contributed by atoms with Gasteiger partial charge in [0, 0.05) is 23.4 Å². The van der Waals surface area contributed by atoms with Crippen LogP contribution in [0.2, 0.25) is 0 Å². The van der Waals surface area contributed by atoms with Crippen molar-refractivity contribution < 1.29 is 4.74 Å². The highest BCUT2D eigenvalue weighted by atomic mass is 32.2. The Kier molecular flexibility index (Phi) is 3.34. The molecular weight excluding hydrogens is 246 g/mol. The molecule has 1 unspecified atom stereocenters. The minimum Gasteiger partial charge on any atom is -0.399 e. The van der Waals surface area contributed by atoms with E-state index in [-0.39, 0.29) is 0 Å². The first-order chi connectivity index (χ1) is 8.83. The Morgan fingerprint density at radius 2 is 2.33 bits per heavy atom. The standard InChI is InChI=1S/C13H15N3OS/c14-9-3-4-11-12(6-9)15-8-16-13(11)18-7-10-2-1-5-17-10/h3-4,6,8,10H,1-2,5,7,14H2. The molecule has 1 aliphatic rings. The molecule has 1 aliphatic heterocycles. The molecule has 4 nitrogen and oxygen atoms in total. The molecule has 0 saturated carbocycles. The zero-order valence-corrected chi connectivity index (χ0v) is 10.8. The highest BCUT2D eigenvalue weighted by molar-refractivity contribution is 7.99. The average Bonchev–Trinajstić information content (AvgIpc) is 2.89. The van der Waals surface area contributed by atoms with Gasteiger partial charge < -0.3 is 10.5 Å². The van der Waals surface area contributed by atoms with Crippen molar-refractivity contribution in [2.45, 2.75) is 24.0 Å². The summed E-state index contributed by atoms with van der Waals surface area (Å²) in [6.07, 6.45) is 4.29. The Balaban J connectivity index is 1.82. The number of nitrogens with zero attached hydrogens (tertiary/aromatic N) is 2. The van der Waals surface area contributed by atoms with Gasteiger partial charge in [0.1, 0.15) is 11.4 Å². The molecule has 0 radical (unpaired) electrons. The third-order valence-electron chi connectivity index (χ3n) is 3.05. The number of nitrogen functional groups attached to an aromatic ring is 1. The van der Waals surface area contributed by atoms with Crippen LogP contribution in [-0.2, 0) is 4.74 Å². The van der Waals surface area contributed by atoms with Crippen LogP contribution in [0, 0.1) is 0 Å². The summed E-state index contributed by atoms with van der Waals surface area (Å²) < 4.78 is 5.62. The van der Waals surface area contributed by atoms with Gasteiger partial charge in [0.2, 0.25) is 0 Å². The van der Waals surface area contributed by atoms with Crippen LogP contribution in [0.1, 0.15) is 12.8 Å². The predicted octanol–water partition coefficient (Wildman–Crippen LogP) is 2.48. The molecule has 1 aromatic heterocycles. The lowest BCUT2D eigenvalue weighted by molar-refractivity contribution is 0.129. The first-order valence-electron chi connectivity index (χ1n) is 6.07. The summed E-state index contributed by atoms with van der Waals surface area (Å²) in [7, 11) is 0. The van der Waals surface area contributed by atoms with E-state index in [1.807, 2.05) is 18.2 Å². The van der Waals surface area contributed by atoms with E-state index in [0.717, 1.165) is 40.4 Å². The molecule has 0 spiro atoms. The van der Waals surface area contributed by atoms with Crippen molar-refractivity contribution >= 4 is 28.4 Å². The van der Waals surface area contributed by atoms with Gasteiger partial charge in [-0.05, 0) is 31.0 Å². The Labute approximate surface area is 110 Å². The van der Waals surface area contributed by atoms with Gasteiger partial charge in [0.25, 0.3) is 0 Å². The molecular formula is C13H15N3OS. The lowest BCUT2D eigenvalue weighted by Crippen LogP contribution is -2.08. The number of thioether (sulfide) groups is 1. The topological polar surface area (TPSA) is 61.0 Å². The number of nitrogens with two attached hydrogens (primary N) is 1. The lowest BCUT2D eigenvalue weighted by Gasteiger charge is -2.09. The zero-order valence-electron chi connectivity index (χ0n) is 10.0. The van der Waals surface area contributed by atoms with Gasteiger partial charge in [-0.2, -0.15) is 0 Å². The molecule has 5 heteroatoms. The number of hydrogen-bond acceptors (Lipinski definition) is 5. The third-order valence-corrected chi connectivity index (χ3v) is 4.19. The van der Waals surface area contributed by atoms with Gasteiger partial charge in [-0.3, -0.25) is 0 Å². The van der Waals surface area contributed by atoms with Crippen LogP contribution >= 0.6 is 11.8 Å². The fraction of sp³-hybridized carbons (Fsp3) is 0.385. The van der Waals surface area contributed by atoms with Gasteiger partial charge in [-0.25, -0.2) is 9.97 Å². The zero-order chi connectivity index (χ0) is 12.4.